The lowest BCUT2D eigenvalue weighted by Gasteiger charge is -2.07. The Morgan fingerprint density at radius 3 is 3.10 bits per heavy atom. The van der Waals surface area contributed by atoms with Crippen LogP contribution >= 0.6 is 11.3 Å². The molecule has 114 valence electrons. The molecule has 1 aliphatic rings. The van der Waals surface area contributed by atoms with Crippen molar-refractivity contribution >= 4 is 11.3 Å². The minimum atomic E-state index is 0.845. The van der Waals surface area contributed by atoms with E-state index in [-0.39, 0.29) is 0 Å². The van der Waals surface area contributed by atoms with Crippen molar-refractivity contribution < 1.29 is 0 Å². The molecule has 0 aliphatic carbocycles. The van der Waals surface area contributed by atoms with E-state index in [4.69, 9.17) is 0 Å². The number of nitrogens with zero attached hydrogens (tertiary/aromatic N) is 4. The van der Waals surface area contributed by atoms with Gasteiger partial charge in [0.15, 0.2) is 0 Å². The number of hydrogen-bond donors (Lipinski definition) is 1. The molecule has 0 unspecified atom stereocenters. The van der Waals surface area contributed by atoms with Crippen molar-refractivity contribution in [2.24, 2.45) is 0 Å². The zero-order valence-corrected chi connectivity index (χ0v) is 13.5. The lowest BCUT2D eigenvalue weighted by Crippen LogP contribution is -2.19. The molecule has 6 heteroatoms. The summed E-state index contributed by atoms with van der Waals surface area (Å²) in [4.78, 5) is 4.57. The molecular weight excluding hydrogens is 282 g/mol. The Labute approximate surface area is 129 Å². The lowest BCUT2D eigenvalue weighted by molar-refractivity contribution is 0.586. The molecule has 0 saturated heterocycles. The van der Waals surface area contributed by atoms with Gasteiger partial charge in [-0.3, -0.25) is 0 Å². The number of thiazole rings is 1. The molecule has 1 aliphatic heterocycles. The average molecular weight is 305 g/mol. The molecule has 0 spiro atoms. The van der Waals surface area contributed by atoms with Crippen molar-refractivity contribution in [1.82, 2.24) is 25.1 Å². The van der Waals surface area contributed by atoms with Crippen LogP contribution in [0.5, 0.6) is 0 Å². The Morgan fingerprint density at radius 1 is 1.29 bits per heavy atom. The SMILES string of the molecule is CCc1nc(CNCCc2nnc3n2CCCCC3)cs1. The van der Waals surface area contributed by atoms with Crippen LogP contribution in [0.25, 0.3) is 0 Å². The Bertz CT molecular complexity index is 574. The molecular formula is C15H23N5S. The summed E-state index contributed by atoms with van der Waals surface area (Å²) < 4.78 is 2.33. The largest absolute Gasteiger partial charge is 0.315 e. The van der Waals surface area contributed by atoms with Crippen molar-refractivity contribution in [3.05, 3.63) is 27.7 Å². The standard InChI is InChI=1S/C15H23N5S/c1-2-15-17-12(11-21-15)10-16-8-7-14-19-18-13-6-4-3-5-9-20(13)14/h11,16H,2-10H2,1H3. The Morgan fingerprint density at radius 2 is 2.24 bits per heavy atom. The normalized spacial score (nSPS) is 14.9. The summed E-state index contributed by atoms with van der Waals surface area (Å²) in [5.74, 6) is 2.31. The first-order valence-corrected chi connectivity index (χ1v) is 8.79. The van der Waals surface area contributed by atoms with Crippen LogP contribution in [0, 0.1) is 0 Å². The zero-order valence-electron chi connectivity index (χ0n) is 12.6. The van der Waals surface area contributed by atoms with E-state index in [0.29, 0.717) is 0 Å². The summed E-state index contributed by atoms with van der Waals surface area (Å²) in [6.45, 7) is 5.01. The summed E-state index contributed by atoms with van der Waals surface area (Å²) in [5, 5.41) is 15.5. The van der Waals surface area contributed by atoms with E-state index >= 15 is 0 Å². The molecule has 2 aromatic heterocycles. The van der Waals surface area contributed by atoms with E-state index in [2.05, 4.69) is 37.4 Å². The number of aryl methyl sites for hydroxylation is 2. The van der Waals surface area contributed by atoms with Gasteiger partial charge in [-0.1, -0.05) is 13.3 Å². The fraction of sp³-hybridized carbons (Fsp3) is 0.667. The van der Waals surface area contributed by atoms with Gasteiger partial charge in [-0.15, -0.1) is 21.5 Å². The smallest absolute Gasteiger partial charge is 0.134 e. The molecule has 0 aromatic carbocycles. The molecule has 21 heavy (non-hydrogen) atoms. The molecule has 1 N–H and O–H groups in total. The highest BCUT2D eigenvalue weighted by molar-refractivity contribution is 7.09. The van der Waals surface area contributed by atoms with Gasteiger partial charge in [0.2, 0.25) is 0 Å². The van der Waals surface area contributed by atoms with Gasteiger partial charge >= 0.3 is 0 Å². The molecule has 0 atom stereocenters. The number of aromatic nitrogens is 4. The molecule has 0 fully saturated rings. The Balaban J connectivity index is 1.48. The van der Waals surface area contributed by atoms with E-state index in [1.165, 1.54) is 30.1 Å². The van der Waals surface area contributed by atoms with Crippen molar-refractivity contribution in [3.8, 4) is 0 Å². The van der Waals surface area contributed by atoms with Crippen molar-refractivity contribution in [1.29, 1.82) is 0 Å². The van der Waals surface area contributed by atoms with Gasteiger partial charge in [0, 0.05) is 37.9 Å². The quantitative estimate of drug-likeness (QED) is 0.832. The minimum absolute atomic E-state index is 0.845. The zero-order chi connectivity index (χ0) is 14.5. The van der Waals surface area contributed by atoms with Gasteiger partial charge in [0.05, 0.1) is 10.7 Å². The van der Waals surface area contributed by atoms with Crippen LogP contribution in [-0.4, -0.2) is 26.3 Å². The maximum absolute atomic E-state index is 4.57. The van der Waals surface area contributed by atoms with E-state index in [9.17, 15) is 0 Å². The summed E-state index contributed by atoms with van der Waals surface area (Å²) in [7, 11) is 0. The van der Waals surface area contributed by atoms with Crippen LogP contribution in [0.15, 0.2) is 5.38 Å². The highest BCUT2D eigenvalue weighted by Gasteiger charge is 2.14. The first kappa shape index (κ1) is 14.7. The summed E-state index contributed by atoms with van der Waals surface area (Å²) in [5.41, 5.74) is 1.15. The molecule has 5 nitrogen and oxygen atoms in total. The predicted molar refractivity (Wildman–Crippen MR) is 84.5 cm³/mol. The van der Waals surface area contributed by atoms with E-state index in [1.807, 2.05) is 0 Å². The van der Waals surface area contributed by atoms with E-state index in [1.54, 1.807) is 11.3 Å². The molecule has 0 bridgehead atoms. The van der Waals surface area contributed by atoms with Crippen LogP contribution in [0.1, 0.15) is 48.5 Å². The van der Waals surface area contributed by atoms with Crippen LogP contribution in [0.4, 0.5) is 0 Å². The highest BCUT2D eigenvalue weighted by atomic mass is 32.1. The van der Waals surface area contributed by atoms with Gasteiger partial charge in [-0.2, -0.15) is 0 Å². The Hall–Kier alpha value is -1.27. The molecule has 3 heterocycles. The predicted octanol–water partition coefficient (Wildman–Crippen LogP) is 2.36. The molecule has 0 saturated carbocycles. The summed E-state index contributed by atoms with van der Waals surface area (Å²) >= 11 is 1.75. The maximum atomic E-state index is 4.57. The Kier molecular flexibility index (Phi) is 4.98. The second kappa shape index (κ2) is 7.13. The second-order valence-corrected chi connectivity index (χ2v) is 6.45. The van der Waals surface area contributed by atoms with Gasteiger partial charge in [0.25, 0.3) is 0 Å². The van der Waals surface area contributed by atoms with Gasteiger partial charge in [-0.05, 0) is 19.3 Å². The monoisotopic (exact) mass is 305 g/mol. The minimum Gasteiger partial charge on any atom is -0.315 e. The van der Waals surface area contributed by atoms with Crippen molar-refractivity contribution in [2.45, 2.75) is 58.5 Å². The van der Waals surface area contributed by atoms with Crippen LogP contribution in [-0.2, 0) is 32.4 Å². The van der Waals surface area contributed by atoms with E-state index < -0.39 is 0 Å². The first-order chi connectivity index (χ1) is 10.4. The topological polar surface area (TPSA) is 55.6 Å². The molecule has 3 rings (SSSR count). The van der Waals surface area contributed by atoms with Crippen molar-refractivity contribution in [3.63, 3.8) is 0 Å². The second-order valence-electron chi connectivity index (χ2n) is 5.51. The molecule has 2 aromatic rings. The fourth-order valence-electron chi connectivity index (χ4n) is 2.74. The number of nitrogens with one attached hydrogen (secondary N) is 1. The maximum Gasteiger partial charge on any atom is 0.134 e. The highest BCUT2D eigenvalue weighted by Crippen LogP contribution is 2.14. The number of fused-ring (bicyclic) bond motifs is 1. The summed E-state index contributed by atoms with van der Waals surface area (Å²) in [6, 6.07) is 0. The lowest BCUT2D eigenvalue weighted by atomic mass is 10.2. The van der Waals surface area contributed by atoms with Crippen molar-refractivity contribution in [2.75, 3.05) is 6.54 Å². The first-order valence-electron chi connectivity index (χ1n) is 7.91. The molecule has 0 amide bonds. The van der Waals surface area contributed by atoms with E-state index in [0.717, 1.165) is 50.4 Å². The third-order valence-electron chi connectivity index (χ3n) is 3.92. The van der Waals surface area contributed by atoms with Crippen LogP contribution < -0.4 is 5.32 Å². The van der Waals surface area contributed by atoms with Gasteiger partial charge in [-0.25, -0.2) is 4.98 Å². The number of hydrogen-bond acceptors (Lipinski definition) is 5. The van der Waals surface area contributed by atoms with Crippen LogP contribution in [0.3, 0.4) is 0 Å². The average Bonchev–Trinajstić information content (AvgIpc) is 3.04. The van der Waals surface area contributed by atoms with Gasteiger partial charge < -0.3 is 9.88 Å². The van der Waals surface area contributed by atoms with Crippen LogP contribution in [0.2, 0.25) is 0 Å². The third kappa shape index (κ3) is 3.68. The molecule has 0 radical (unpaired) electrons. The van der Waals surface area contributed by atoms with Gasteiger partial charge in [0.1, 0.15) is 11.6 Å². The summed E-state index contributed by atoms with van der Waals surface area (Å²) in [6.07, 6.45) is 6.86. The number of rotatable bonds is 6. The fourth-order valence-corrected chi connectivity index (χ4v) is 3.48. The third-order valence-corrected chi connectivity index (χ3v) is 4.96.